The Bertz CT molecular complexity index is 555. The molecule has 4 heteroatoms. The Hall–Kier alpha value is -1.58. The van der Waals surface area contributed by atoms with Crippen molar-refractivity contribution < 1.29 is 19.1 Å². The Kier molecular flexibility index (Phi) is 6.36. The molecule has 2 aliphatic rings. The summed E-state index contributed by atoms with van der Waals surface area (Å²) in [5, 5.41) is 0. The van der Waals surface area contributed by atoms with Gasteiger partial charge < -0.3 is 9.47 Å². The summed E-state index contributed by atoms with van der Waals surface area (Å²) in [6, 6.07) is 0. The molecule has 26 heavy (non-hydrogen) atoms. The van der Waals surface area contributed by atoms with Crippen LogP contribution in [0, 0.1) is 28.6 Å². The first-order chi connectivity index (χ1) is 12.1. The molecule has 1 unspecified atom stereocenters. The van der Waals surface area contributed by atoms with E-state index in [0.29, 0.717) is 25.2 Å². The highest BCUT2D eigenvalue weighted by molar-refractivity contribution is 6.01. The molecule has 0 bridgehead atoms. The Morgan fingerprint density at radius 2 is 1.38 bits per heavy atom. The van der Waals surface area contributed by atoms with Crippen LogP contribution in [0.3, 0.4) is 0 Å². The van der Waals surface area contributed by atoms with E-state index in [1.165, 1.54) is 0 Å². The van der Waals surface area contributed by atoms with E-state index < -0.39 is 29.1 Å². The van der Waals surface area contributed by atoms with Gasteiger partial charge in [-0.05, 0) is 43.4 Å². The van der Waals surface area contributed by atoms with Gasteiger partial charge in [-0.1, -0.05) is 65.8 Å². The second-order valence-electron chi connectivity index (χ2n) is 9.24. The number of carbonyl (C=O) groups excluding carboxylic acids is 2. The zero-order valence-corrected chi connectivity index (χ0v) is 17.1. The third-order valence-corrected chi connectivity index (χ3v) is 5.15. The van der Waals surface area contributed by atoms with E-state index in [9.17, 15) is 9.59 Å². The van der Waals surface area contributed by atoms with Crippen molar-refractivity contribution in [1.82, 2.24) is 0 Å². The van der Waals surface area contributed by atoms with Gasteiger partial charge in [-0.2, -0.15) is 0 Å². The summed E-state index contributed by atoms with van der Waals surface area (Å²) in [7, 11) is 0. The first-order valence-electron chi connectivity index (χ1n) is 9.88. The number of cyclic esters (lactones) is 2. The van der Waals surface area contributed by atoms with Crippen molar-refractivity contribution in [1.29, 1.82) is 0 Å². The number of rotatable bonds is 7. The molecule has 1 atom stereocenters. The van der Waals surface area contributed by atoms with Gasteiger partial charge in [0.05, 0.1) is 5.41 Å². The highest BCUT2D eigenvalue weighted by Crippen LogP contribution is 2.47. The van der Waals surface area contributed by atoms with Crippen LogP contribution in [0.2, 0.25) is 0 Å². The van der Waals surface area contributed by atoms with E-state index in [0.717, 1.165) is 6.42 Å². The maximum atomic E-state index is 13.1. The summed E-state index contributed by atoms with van der Waals surface area (Å²) in [5.41, 5.74) is -1.65. The zero-order valence-electron chi connectivity index (χ0n) is 17.1. The lowest BCUT2D eigenvalue weighted by atomic mass is 9.71. The van der Waals surface area contributed by atoms with Gasteiger partial charge >= 0.3 is 11.9 Å². The molecule has 2 rings (SSSR count). The Labute approximate surface area is 158 Å². The van der Waals surface area contributed by atoms with Crippen molar-refractivity contribution in [2.45, 2.75) is 73.5 Å². The standard InChI is InChI=1S/C22H34O4/c1-15(2)12-21(10-8-7-9-11-21)20-25-18(23)22(13-16(3)4,14-17(5)6)19(24)26-20/h7-10,15-17,20H,11-14H2,1-6H3. The summed E-state index contributed by atoms with van der Waals surface area (Å²) in [6.07, 6.45) is 9.59. The molecule has 0 aromatic carbocycles. The van der Waals surface area contributed by atoms with Crippen molar-refractivity contribution in [3.05, 3.63) is 24.3 Å². The quantitative estimate of drug-likeness (QED) is 0.470. The summed E-state index contributed by atoms with van der Waals surface area (Å²) >= 11 is 0. The molecule has 1 aliphatic carbocycles. The van der Waals surface area contributed by atoms with E-state index in [1.807, 2.05) is 52.0 Å². The van der Waals surface area contributed by atoms with Crippen molar-refractivity contribution in [3.63, 3.8) is 0 Å². The second-order valence-corrected chi connectivity index (χ2v) is 9.24. The summed E-state index contributed by atoms with van der Waals surface area (Å²) in [6.45, 7) is 12.3. The number of carbonyl (C=O) groups is 2. The molecular formula is C22H34O4. The fourth-order valence-corrected chi connectivity index (χ4v) is 4.44. The van der Waals surface area contributed by atoms with Crippen molar-refractivity contribution in [3.8, 4) is 0 Å². The Morgan fingerprint density at radius 1 is 0.885 bits per heavy atom. The lowest BCUT2D eigenvalue weighted by molar-refractivity contribution is -0.245. The maximum Gasteiger partial charge on any atom is 0.326 e. The molecule has 0 amide bonds. The fraction of sp³-hybridized carbons (Fsp3) is 0.727. The second kappa shape index (κ2) is 7.98. The third kappa shape index (κ3) is 4.21. The summed E-state index contributed by atoms with van der Waals surface area (Å²) in [5.74, 6) is -0.0268. The lowest BCUT2D eigenvalue weighted by Crippen LogP contribution is -2.55. The number of esters is 2. The van der Waals surface area contributed by atoms with Crippen LogP contribution < -0.4 is 0 Å². The van der Waals surface area contributed by atoms with Crippen LogP contribution in [0.1, 0.15) is 67.2 Å². The summed E-state index contributed by atoms with van der Waals surface area (Å²) in [4.78, 5) is 26.2. The van der Waals surface area contributed by atoms with Gasteiger partial charge in [0, 0.05) is 0 Å². The number of ether oxygens (including phenoxy) is 2. The van der Waals surface area contributed by atoms with Crippen LogP contribution in [0.4, 0.5) is 0 Å². The van der Waals surface area contributed by atoms with Crippen LogP contribution in [0.25, 0.3) is 0 Å². The van der Waals surface area contributed by atoms with Crippen molar-refractivity contribution in [2.75, 3.05) is 0 Å². The average Bonchev–Trinajstić information content (AvgIpc) is 2.51. The van der Waals surface area contributed by atoms with Gasteiger partial charge in [-0.15, -0.1) is 0 Å². The number of hydrogen-bond donors (Lipinski definition) is 0. The van der Waals surface area contributed by atoms with E-state index in [2.05, 4.69) is 13.8 Å². The van der Waals surface area contributed by atoms with Crippen LogP contribution in [-0.4, -0.2) is 18.2 Å². The molecule has 1 saturated heterocycles. The van der Waals surface area contributed by atoms with Crippen LogP contribution in [0.5, 0.6) is 0 Å². The molecule has 1 fully saturated rings. The maximum absolute atomic E-state index is 13.1. The van der Waals surface area contributed by atoms with Gasteiger partial charge in [-0.25, -0.2) is 0 Å². The first kappa shape index (κ1) is 20.7. The molecular weight excluding hydrogens is 328 g/mol. The Morgan fingerprint density at radius 3 is 1.77 bits per heavy atom. The van der Waals surface area contributed by atoms with E-state index in [1.54, 1.807) is 0 Å². The minimum atomic E-state index is -1.17. The molecule has 0 spiro atoms. The molecule has 0 radical (unpaired) electrons. The monoisotopic (exact) mass is 362 g/mol. The average molecular weight is 363 g/mol. The fourth-order valence-electron chi connectivity index (χ4n) is 4.44. The SMILES string of the molecule is CC(C)CC1(CC(C)C)C(=O)OC(C2(CC(C)C)C=CC=CC2)OC1=O. The molecule has 1 aliphatic heterocycles. The largest absolute Gasteiger partial charge is 0.423 e. The number of hydrogen-bond acceptors (Lipinski definition) is 4. The summed E-state index contributed by atoms with van der Waals surface area (Å²) < 4.78 is 11.7. The highest BCUT2D eigenvalue weighted by atomic mass is 16.7. The van der Waals surface area contributed by atoms with E-state index in [-0.39, 0.29) is 11.8 Å². The van der Waals surface area contributed by atoms with Gasteiger partial charge in [0.2, 0.25) is 0 Å². The van der Waals surface area contributed by atoms with Gasteiger partial charge in [0.25, 0.3) is 6.29 Å². The van der Waals surface area contributed by atoms with E-state index >= 15 is 0 Å². The Balaban J connectivity index is 2.32. The molecule has 0 saturated carbocycles. The van der Waals surface area contributed by atoms with E-state index in [4.69, 9.17) is 9.47 Å². The predicted octanol–water partition coefficient (Wildman–Crippen LogP) is 5.04. The van der Waals surface area contributed by atoms with Gasteiger partial charge in [0.1, 0.15) is 0 Å². The van der Waals surface area contributed by atoms with Crippen molar-refractivity contribution in [2.24, 2.45) is 28.6 Å². The lowest BCUT2D eigenvalue weighted by Gasteiger charge is -2.45. The zero-order chi connectivity index (χ0) is 19.5. The van der Waals surface area contributed by atoms with Crippen molar-refractivity contribution >= 4 is 11.9 Å². The number of allylic oxidation sites excluding steroid dienone is 3. The van der Waals surface area contributed by atoms with Crippen LogP contribution in [-0.2, 0) is 19.1 Å². The topological polar surface area (TPSA) is 52.6 Å². The molecule has 4 nitrogen and oxygen atoms in total. The predicted molar refractivity (Wildman–Crippen MR) is 102 cm³/mol. The third-order valence-electron chi connectivity index (χ3n) is 5.15. The molecule has 146 valence electrons. The van der Waals surface area contributed by atoms with Gasteiger partial charge in [-0.3, -0.25) is 9.59 Å². The minimum absolute atomic E-state index is 0.201. The van der Waals surface area contributed by atoms with Gasteiger partial charge in [0.15, 0.2) is 5.41 Å². The van der Waals surface area contributed by atoms with Crippen LogP contribution in [0.15, 0.2) is 24.3 Å². The highest BCUT2D eigenvalue weighted by Gasteiger charge is 2.57. The molecule has 0 aromatic rings. The molecule has 0 N–H and O–H groups in total. The first-order valence-corrected chi connectivity index (χ1v) is 9.88. The smallest absolute Gasteiger partial charge is 0.326 e. The van der Waals surface area contributed by atoms with Crippen LogP contribution >= 0.6 is 0 Å². The minimum Gasteiger partial charge on any atom is -0.423 e. The molecule has 1 heterocycles. The molecule has 0 aromatic heterocycles. The normalized spacial score (nSPS) is 25.9.